The minimum absolute atomic E-state index is 0. The van der Waals surface area contributed by atoms with Crippen LogP contribution in [0.15, 0.2) is 0 Å². The van der Waals surface area contributed by atoms with Crippen molar-refractivity contribution in [1.29, 1.82) is 0 Å². The van der Waals surface area contributed by atoms with Crippen molar-refractivity contribution in [3.8, 4) is 0 Å². The molecule has 0 aliphatic heterocycles. The first-order valence-corrected chi connectivity index (χ1v) is 3.12. The zero-order chi connectivity index (χ0) is 8.20. The third-order valence-electron chi connectivity index (χ3n) is 1.47. The smallest absolute Gasteiger partial charge is 0.338 e. The molecule has 0 heterocycles. The average molecular weight is 184 g/mol. The van der Waals surface area contributed by atoms with Gasteiger partial charge in [-0.2, -0.15) is 0 Å². The molecule has 0 saturated carbocycles. The van der Waals surface area contributed by atoms with Crippen molar-refractivity contribution in [3.05, 3.63) is 0 Å². The average Bonchev–Trinajstić information content (AvgIpc) is 1.86. The second kappa shape index (κ2) is 5.49. The molecule has 0 radical (unpaired) electrons. The topological polar surface area (TPSA) is 57.5 Å². The summed E-state index contributed by atoms with van der Waals surface area (Å²) in [4.78, 5) is 10.8. The molecule has 0 bridgehead atoms. The lowest BCUT2D eigenvalue weighted by atomic mass is 10.4. The number of quaternary nitrogens is 1. The molecular formula is C6H14ClNO3. The van der Waals surface area contributed by atoms with Crippen LogP contribution in [0.4, 0.5) is 0 Å². The number of carbonyl (C=O) groups is 1. The number of carbonyl (C=O) groups excluding carboxylic acids is 1. The second-order valence-corrected chi connectivity index (χ2v) is 2.68. The highest BCUT2D eigenvalue weighted by Gasteiger charge is 2.23. The van der Waals surface area contributed by atoms with Gasteiger partial charge in [-0.3, -0.25) is 4.48 Å². The number of rotatable bonds is 3. The maximum atomic E-state index is 10.8. The van der Waals surface area contributed by atoms with Gasteiger partial charge in [-0.25, -0.2) is 4.79 Å². The normalized spacial score (nSPS) is 10.5. The Balaban J connectivity index is 0. The van der Waals surface area contributed by atoms with Gasteiger partial charge in [0, 0.05) is 0 Å². The van der Waals surface area contributed by atoms with E-state index in [1.807, 2.05) is 0 Å². The van der Waals surface area contributed by atoms with Crippen molar-refractivity contribution < 1.29 is 31.9 Å². The maximum absolute atomic E-state index is 10.8. The van der Waals surface area contributed by atoms with Crippen LogP contribution >= 0.6 is 0 Å². The van der Waals surface area contributed by atoms with Crippen LogP contribution in [0.2, 0.25) is 0 Å². The molecule has 0 spiro atoms. The van der Waals surface area contributed by atoms with E-state index in [9.17, 15) is 4.79 Å². The number of nitrogens with zero attached hydrogens (tertiary/aromatic N) is 1. The first kappa shape index (κ1) is 13.4. The van der Waals surface area contributed by atoms with Gasteiger partial charge in [-0.1, -0.05) is 0 Å². The molecule has 0 aromatic heterocycles. The summed E-state index contributed by atoms with van der Waals surface area (Å²) in [6.07, 6.45) is 0. The van der Waals surface area contributed by atoms with Gasteiger partial charge in [0.05, 0.1) is 20.7 Å². The molecule has 2 N–H and O–H groups in total. The van der Waals surface area contributed by atoms with Gasteiger partial charge in [0.2, 0.25) is 0 Å². The highest BCUT2D eigenvalue weighted by molar-refractivity contribution is 5.69. The lowest BCUT2D eigenvalue weighted by Gasteiger charge is -2.24. The highest BCUT2D eigenvalue weighted by Crippen LogP contribution is 1.95. The van der Waals surface area contributed by atoms with Gasteiger partial charge in [0.25, 0.3) is 0 Å². The third kappa shape index (κ3) is 4.31. The number of hydrogen-bond acceptors (Lipinski definition) is 3. The van der Waals surface area contributed by atoms with Crippen LogP contribution in [0, 0.1) is 0 Å². The van der Waals surface area contributed by atoms with Gasteiger partial charge in [0.15, 0.2) is 6.61 Å². The predicted octanol–water partition coefficient (Wildman–Crippen LogP) is -4.42. The van der Waals surface area contributed by atoms with Crippen LogP contribution in [0.3, 0.4) is 0 Å². The van der Waals surface area contributed by atoms with Crippen molar-refractivity contribution in [2.45, 2.75) is 0 Å². The Hall–Kier alpha value is -0.160. The minimum Gasteiger partial charge on any atom is -1.00 e. The van der Waals surface area contributed by atoms with Crippen LogP contribution in [-0.4, -0.2) is 54.5 Å². The van der Waals surface area contributed by atoms with E-state index in [1.165, 1.54) is 0 Å². The summed E-state index contributed by atoms with van der Waals surface area (Å²) < 4.78 is 0.0347. The quantitative estimate of drug-likeness (QED) is 0.435. The number of aliphatic hydroxyl groups is 2. The molecule has 0 aromatic rings. The first-order valence-electron chi connectivity index (χ1n) is 3.12. The Kier molecular flexibility index (Phi) is 6.70. The standard InChI is InChI=1S/C6H14NO3.ClH/c1-7(2,3-4-8)6(10)5-9;/h8-9H,3-5H2,1-2H3;1H/q+1;/p-1. The molecular weight excluding hydrogens is 170 g/mol. The molecule has 0 fully saturated rings. The van der Waals surface area contributed by atoms with Gasteiger partial charge in [-0.05, 0) is 0 Å². The van der Waals surface area contributed by atoms with Gasteiger partial charge < -0.3 is 22.6 Å². The van der Waals surface area contributed by atoms with E-state index >= 15 is 0 Å². The number of hydrogen-bond donors (Lipinski definition) is 2. The summed E-state index contributed by atoms with van der Waals surface area (Å²) in [6, 6.07) is 0. The molecule has 0 rings (SSSR count). The van der Waals surface area contributed by atoms with E-state index in [1.54, 1.807) is 14.1 Å². The largest absolute Gasteiger partial charge is 1.00 e. The van der Waals surface area contributed by atoms with Crippen LogP contribution in [0.5, 0.6) is 0 Å². The lowest BCUT2D eigenvalue weighted by Crippen LogP contribution is -3.00. The summed E-state index contributed by atoms with van der Waals surface area (Å²) in [5.74, 6) is -0.283. The fourth-order valence-corrected chi connectivity index (χ4v) is 0.566. The molecule has 4 nitrogen and oxygen atoms in total. The molecule has 0 aliphatic rings. The second-order valence-electron chi connectivity index (χ2n) is 2.68. The van der Waals surface area contributed by atoms with Gasteiger partial charge in [-0.15, -0.1) is 0 Å². The molecule has 68 valence electrons. The third-order valence-corrected chi connectivity index (χ3v) is 1.47. The van der Waals surface area contributed by atoms with Crippen molar-refractivity contribution in [2.24, 2.45) is 0 Å². The van der Waals surface area contributed by atoms with Gasteiger partial charge >= 0.3 is 5.91 Å². The summed E-state index contributed by atoms with van der Waals surface area (Å²) in [6.45, 7) is -0.162. The Morgan fingerprint density at radius 1 is 1.36 bits per heavy atom. The summed E-state index contributed by atoms with van der Waals surface area (Å²) >= 11 is 0. The Labute approximate surface area is 72.4 Å². The molecule has 5 heteroatoms. The SMILES string of the molecule is C[N+](C)(CCO)C(=O)CO.[Cl-]. The van der Waals surface area contributed by atoms with Crippen molar-refractivity contribution in [3.63, 3.8) is 0 Å². The van der Waals surface area contributed by atoms with Crippen molar-refractivity contribution in [2.75, 3.05) is 33.9 Å². The lowest BCUT2D eigenvalue weighted by molar-refractivity contribution is -0.814. The fourth-order valence-electron chi connectivity index (χ4n) is 0.566. The van der Waals surface area contributed by atoms with Crippen LogP contribution in [0.25, 0.3) is 0 Å². The molecule has 1 amide bonds. The van der Waals surface area contributed by atoms with Crippen molar-refractivity contribution >= 4 is 5.91 Å². The fraction of sp³-hybridized carbons (Fsp3) is 0.833. The van der Waals surface area contributed by atoms with E-state index in [0.29, 0.717) is 6.54 Å². The summed E-state index contributed by atoms with van der Waals surface area (Å²) in [7, 11) is 3.30. The summed E-state index contributed by atoms with van der Waals surface area (Å²) in [5.41, 5.74) is 0. The van der Waals surface area contributed by atoms with Crippen LogP contribution < -0.4 is 12.4 Å². The molecule has 0 saturated heterocycles. The monoisotopic (exact) mass is 183 g/mol. The Morgan fingerprint density at radius 2 is 1.82 bits per heavy atom. The number of aliphatic hydroxyl groups excluding tert-OH is 2. The minimum atomic E-state index is -0.465. The van der Waals surface area contributed by atoms with E-state index in [-0.39, 0.29) is 29.4 Å². The van der Waals surface area contributed by atoms with Gasteiger partial charge in [0.1, 0.15) is 6.54 Å². The highest BCUT2D eigenvalue weighted by atomic mass is 35.5. The van der Waals surface area contributed by atoms with Crippen molar-refractivity contribution in [1.82, 2.24) is 0 Å². The predicted molar refractivity (Wildman–Crippen MR) is 36.2 cm³/mol. The maximum Gasteiger partial charge on any atom is 0.338 e. The zero-order valence-electron chi connectivity index (χ0n) is 6.75. The molecule has 0 atom stereocenters. The molecule has 0 unspecified atom stereocenters. The zero-order valence-corrected chi connectivity index (χ0v) is 7.51. The number of amides is 1. The van der Waals surface area contributed by atoms with Crippen LogP contribution in [0.1, 0.15) is 0 Å². The molecule has 0 aromatic carbocycles. The Bertz CT molecular complexity index is 127. The first-order chi connectivity index (χ1) is 4.54. The summed E-state index contributed by atoms with van der Waals surface area (Å²) in [5, 5.41) is 16.9. The molecule has 0 aliphatic carbocycles. The van der Waals surface area contributed by atoms with E-state index in [0.717, 1.165) is 0 Å². The Morgan fingerprint density at radius 3 is 2.09 bits per heavy atom. The van der Waals surface area contributed by atoms with E-state index < -0.39 is 6.61 Å². The number of halogens is 1. The number of likely N-dealkylation sites (N-methyl/N-ethyl adjacent to an activating group) is 1. The van der Waals surface area contributed by atoms with E-state index in [4.69, 9.17) is 10.2 Å². The molecule has 11 heavy (non-hydrogen) atoms. The van der Waals surface area contributed by atoms with E-state index in [2.05, 4.69) is 0 Å². The van der Waals surface area contributed by atoms with Crippen LogP contribution in [-0.2, 0) is 4.79 Å².